The third-order valence-corrected chi connectivity index (χ3v) is 6.64. The monoisotopic (exact) mass is 454 g/mol. The minimum atomic E-state index is -0.469. The molecule has 0 unspecified atom stereocenters. The summed E-state index contributed by atoms with van der Waals surface area (Å²) < 4.78 is 10.4. The summed E-state index contributed by atoms with van der Waals surface area (Å²) in [4.78, 5) is 30.5. The summed E-state index contributed by atoms with van der Waals surface area (Å²) in [6.45, 7) is 6.13. The molecule has 178 valence electrons. The van der Waals surface area contributed by atoms with Crippen LogP contribution in [-0.2, 0) is 9.53 Å². The number of nitrogens with one attached hydrogen (secondary N) is 2. The molecule has 1 aliphatic heterocycles. The van der Waals surface area contributed by atoms with Crippen molar-refractivity contribution < 1.29 is 18.7 Å². The van der Waals surface area contributed by atoms with Crippen LogP contribution >= 0.6 is 0 Å². The zero-order valence-corrected chi connectivity index (χ0v) is 19.7. The maximum absolute atomic E-state index is 12.6. The molecular weight excluding hydrogens is 420 g/mol. The molecule has 1 aromatic heterocycles. The molecule has 2 heterocycles. The fourth-order valence-electron chi connectivity index (χ4n) is 5.02. The minimum absolute atomic E-state index is 0.168. The van der Waals surface area contributed by atoms with Gasteiger partial charge >= 0.3 is 5.97 Å². The predicted molar refractivity (Wildman–Crippen MR) is 126 cm³/mol. The first-order valence-corrected chi connectivity index (χ1v) is 12.1. The minimum Gasteiger partial charge on any atom is -0.461 e. The number of fused-ring (bicyclic) bond motifs is 1. The van der Waals surface area contributed by atoms with Crippen LogP contribution in [-0.4, -0.2) is 41.6 Å². The van der Waals surface area contributed by atoms with E-state index in [1.165, 1.54) is 11.8 Å². The van der Waals surface area contributed by atoms with Gasteiger partial charge in [-0.05, 0) is 57.6 Å². The molecule has 1 aliphatic carbocycles. The van der Waals surface area contributed by atoms with Crippen molar-refractivity contribution in [2.45, 2.75) is 83.5 Å². The second-order valence-electron chi connectivity index (χ2n) is 8.93. The zero-order valence-electron chi connectivity index (χ0n) is 19.7. The number of para-hydroxylation sites is 1. The third kappa shape index (κ3) is 5.21. The summed E-state index contributed by atoms with van der Waals surface area (Å²) in [6.07, 6.45) is 6.80. The molecule has 8 nitrogen and oxygen atoms in total. The summed E-state index contributed by atoms with van der Waals surface area (Å²) in [5.41, 5.74) is 2.44. The Hall–Kier alpha value is -2.87. The van der Waals surface area contributed by atoms with Crippen molar-refractivity contribution in [1.29, 1.82) is 0 Å². The van der Waals surface area contributed by atoms with E-state index in [1.807, 2.05) is 17.9 Å². The number of ether oxygens (including phenoxy) is 1. The molecule has 0 spiro atoms. The molecule has 8 heteroatoms. The number of carbonyl (C=O) groups excluding carboxylic acids is 2. The Kier molecular flexibility index (Phi) is 7.33. The van der Waals surface area contributed by atoms with Gasteiger partial charge in [-0.1, -0.05) is 25.1 Å². The highest BCUT2D eigenvalue weighted by molar-refractivity contribution is 5.95. The molecule has 0 bridgehead atoms. The van der Waals surface area contributed by atoms with Crippen molar-refractivity contribution >= 4 is 23.6 Å². The van der Waals surface area contributed by atoms with E-state index in [-0.39, 0.29) is 29.7 Å². The Morgan fingerprint density at radius 3 is 2.61 bits per heavy atom. The molecule has 2 aromatic rings. The van der Waals surface area contributed by atoms with Crippen LogP contribution < -0.4 is 15.5 Å². The second kappa shape index (κ2) is 10.4. The molecule has 2 N–H and O–H groups in total. The van der Waals surface area contributed by atoms with Gasteiger partial charge in [0.2, 0.25) is 5.91 Å². The van der Waals surface area contributed by atoms with E-state index in [0.717, 1.165) is 37.8 Å². The molecule has 1 fully saturated rings. The van der Waals surface area contributed by atoms with Crippen LogP contribution in [0.3, 0.4) is 0 Å². The largest absolute Gasteiger partial charge is 0.461 e. The van der Waals surface area contributed by atoms with E-state index in [2.05, 4.69) is 40.7 Å². The second-order valence-corrected chi connectivity index (χ2v) is 8.93. The quantitative estimate of drug-likeness (QED) is 0.597. The van der Waals surface area contributed by atoms with Gasteiger partial charge in [0, 0.05) is 36.3 Å². The van der Waals surface area contributed by atoms with Crippen LogP contribution in [0.15, 0.2) is 34.9 Å². The standard InChI is InChI=1S/C25H34N4O4/c1-4-23(30)29-16(3)14-20(19-8-6-7-9-22(19)29)26-17-10-12-18(13-11-17)27-25-28-21(15-33-25)24(31)32-5-2/h6-9,15-18,20,26H,4-5,10-14H2,1-3H3,(H,27,28)/t16-,17?,18?,20+/m0/s1. The smallest absolute Gasteiger partial charge is 0.360 e. The topological polar surface area (TPSA) is 96.7 Å². The van der Waals surface area contributed by atoms with Crippen molar-refractivity contribution in [3.8, 4) is 0 Å². The van der Waals surface area contributed by atoms with Gasteiger partial charge in [0.1, 0.15) is 6.26 Å². The van der Waals surface area contributed by atoms with Gasteiger partial charge in [-0.15, -0.1) is 0 Å². The van der Waals surface area contributed by atoms with Gasteiger partial charge in [-0.3, -0.25) is 4.79 Å². The van der Waals surface area contributed by atoms with Crippen LogP contribution in [0.4, 0.5) is 11.7 Å². The lowest BCUT2D eigenvalue weighted by atomic mass is 9.87. The fraction of sp³-hybridized carbons (Fsp3) is 0.560. The number of nitrogens with zero attached hydrogens (tertiary/aromatic N) is 2. The van der Waals surface area contributed by atoms with Crippen molar-refractivity contribution in [1.82, 2.24) is 10.3 Å². The highest BCUT2D eigenvalue weighted by Crippen LogP contribution is 2.38. The SMILES string of the molecule is CCOC(=O)c1coc(NC2CCC(N[C@@H]3C[C@H](C)N(C(=O)CC)c4ccccc43)CC2)n1. The number of esters is 1. The van der Waals surface area contributed by atoms with Gasteiger partial charge < -0.3 is 24.7 Å². The normalized spacial score (nSPS) is 24.8. The van der Waals surface area contributed by atoms with Crippen LogP contribution in [0, 0.1) is 0 Å². The molecule has 0 saturated heterocycles. The first-order chi connectivity index (χ1) is 16.0. The molecule has 1 saturated carbocycles. The number of oxazole rings is 1. The summed E-state index contributed by atoms with van der Waals surface area (Å²) in [5.74, 6) is -0.291. The maximum Gasteiger partial charge on any atom is 0.360 e. The van der Waals surface area contributed by atoms with Crippen LogP contribution in [0.25, 0.3) is 0 Å². The Bertz CT molecular complexity index is 967. The maximum atomic E-state index is 12.6. The van der Waals surface area contributed by atoms with E-state index in [4.69, 9.17) is 9.15 Å². The Balaban J connectivity index is 1.33. The lowest BCUT2D eigenvalue weighted by Crippen LogP contribution is -2.47. The number of aromatic nitrogens is 1. The Morgan fingerprint density at radius 2 is 1.88 bits per heavy atom. The molecule has 2 atom stereocenters. The van der Waals surface area contributed by atoms with Crippen LogP contribution in [0.1, 0.15) is 81.4 Å². The lowest BCUT2D eigenvalue weighted by molar-refractivity contribution is -0.118. The number of hydrogen-bond donors (Lipinski definition) is 2. The Morgan fingerprint density at radius 1 is 1.15 bits per heavy atom. The van der Waals surface area contributed by atoms with E-state index in [1.54, 1.807) is 6.92 Å². The molecular formula is C25H34N4O4. The van der Waals surface area contributed by atoms with Gasteiger partial charge in [0.25, 0.3) is 6.01 Å². The number of hydrogen-bond acceptors (Lipinski definition) is 7. The number of benzene rings is 1. The highest BCUT2D eigenvalue weighted by atomic mass is 16.5. The Labute approximate surface area is 195 Å². The average molecular weight is 455 g/mol. The van der Waals surface area contributed by atoms with Crippen LogP contribution in [0.2, 0.25) is 0 Å². The van der Waals surface area contributed by atoms with Crippen molar-refractivity contribution in [3.63, 3.8) is 0 Å². The molecule has 4 rings (SSSR count). The summed E-state index contributed by atoms with van der Waals surface area (Å²) in [5, 5.41) is 7.19. The van der Waals surface area contributed by atoms with Gasteiger partial charge in [-0.25, -0.2) is 4.79 Å². The lowest BCUT2D eigenvalue weighted by Gasteiger charge is -2.41. The van der Waals surface area contributed by atoms with Crippen molar-refractivity contribution in [3.05, 3.63) is 41.8 Å². The molecule has 1 amide bonds. The van der Waals surface area contributed by atoms with E-state index in [0.29, 0.717) is 25.1 Å². The predicted octanol–water partition coefficient (Wildman–Crippen LogP) is 4.44. The number of rotatable bonds is 7. The van der Waals surface area contributed by atoms with E-state index in [9.17, 15) is 9.59 Å². The van der Waals surface area contributed by atoms with Crippen LogP contribution in [0.5, 0.6) is 0 Å². The average Bonchev–Trinajstić information content (AvgIpc) is 3.29. The molecule has 1 aromatic carbocycles. The highest BCUT2D eigenvalue weighted by Gasteiger charge is 2.34. The van der Waals surface area contributed by atoms with Gasteiger partial charge in [-0.2, -0.15) is 4.98 Å². The molecule has 0 radical (unpaired) electrons. The summed E-state index contributed by atoms with van der Waals surface area (Å²) in [6, 6.07) is 9.72. The van der Waals surface area contributed by atoms with Gasteiger partial charge in [0.05, 0.1) is 6.61 Å². The number of carbonyl (C=O) groups is 2. The third-order valence-electron chi connectivity index (χ3n) is 6.64. The molecule has 2 aliphatic rings. The van der Waals surface area contributed by atoms with Crippen molar-refractivity contribution in [2.24, 2.45) is 0 Å². The van der Waals surface area contributed by atoms with Gasteiger partial charge in [0.15, 0.2) is 5.69 Å². The first kappa shape index (κ1) is 23.3. The number of amides is 1. The first-order valence-electron chi connectivity index (χ1n) is 12.1. The van der Waals surface area contributed by atoms with E-state index < -0.39 is 5.97 Å². The summed E-state index contributed by atoms with van der Waals surface area (Å²) in [7, 11) is 0. The number of anilines is 2. The van der Waals surface area contributed by atoms with E-state index >= 15 is 0 Å². The zero-order chi connectivity index (χ0) is 23.4. The fourth-order valence-corrected chi connectivity index (χ4v) is 5.02. The summed E-state index contributed by atoms with van der Waals surface area (Å²) >= 11 is 0. The van der Waals surface area contributed by atoms with Crippen molar-refractivity contribution in [2.75, 3.05) is 16.8 Å². The molecule has 33 heavy (non-hydrogen) atoms.